The summed E-state index contributed by atoms with van der Waals surface area (Å²) in [5, 5.41) is 14.9. The first-order valence-electron chi connectivity index (χ1n) is 8.02. The fourth-order valence-corrected chi connectivity index (χ4v) is 5.98. The van der Waals surface area contributed by atoms with Crippen LogP contribution in [0.1, 0.15) is 34.1 Å². The lowest BCUT2D eigenvalue weighted by Gasteiger charge is -2.37. The Bertz CT molecular complexity index is 728. The molecule has 1 saturated heterocycles. The van der Waals surface area contributed by atoms with Crippen LogP contribution in [0.25, 0.3) is 0 Å². The van der Waals surface area contributed by atoms with E-state index in [2.05, 4.69) is 35.4 Å². The minimum Gasteiger partial charge on any atom is -0.365 e. The zero-order valence-corrected chi connectivity index (χ0v) is 14.7. The molecule has 4 rings (SSSR count). The number of aliphatic hydroxyl groups is 1. The van der Waals surface area contributed by atoms with Crippen LogP contribution in [0.3, 0.4) is 0 Å². The number of nitrogens with zero attached hydrogens (tertiary/aromatic N) is 2. The van der Waals surface area contributed by atoms with E-state index in [1.807, 2.05) is 18.2 Å². The minimum absolute atomic E-state index is 0.0436. The monoisotopic (exact) mass is 344 g/mol. The van der Waals surface area contributed by atoms with Crippen molar-refractivity contribution in [1.82, 2.24) is 4.90 Å². The highest BCUT2D eigenvalue weighted by Crippen LogP contribution is 2.56. The lowest BCUT2D eigenvalue weighted by molar-refractivity contribution is -0.0684. The third kappa shape index (κ3) is 2.42. The third-order valence-electron chi connectivity index (χ3n) is 4.57. The summed E-state index contributed by atoms with van der Waals surface area (Å²) >= 11 is 3.35. The van der Waals surface area contributed by atoms with E-state index in [0.29, 0.717) is 0 Å². The first-order valence-corrected chi connectivity index (χ1v) is 9.78. The predicted octanol–water partition coefficient (Wildman–Crippen LogP) is 4.14. The number of rotatable bonds is 2. The normalized spacial score (nSPS) is 27.5. The molecule has 0 saturated carbocycles. The van der Waals surface area contributed by atoms with Crippen LogP contribution in [-0.2, 0) is 5.72 Å². The molecule has 23 heavy (non-hydrogen) atoms. The van der Waals surface area contributed by atoms with Gasteiger partial charge < -0.3 is 10.0 Å². The van der Waals surface area contributed by atoms with E-state index in [0.717, 1.165) is 47.1 Å². The highest BCUT2D eigenvalue weighted by molar-refractivity contribution is 8.14. The van der Waals surface area contributed by atoms with E-state index < -0.39 is 5.72 Å². The molecular formula is C18H20N2OS2. The quantitative estimate of drug-likeness (QED) is 0.889. The van der Waals surface area contributed by atoms with Crippen LogP contribution >= 0.6 is 23.1 Å². The number of hydrogen-bond acceptors (Lipinski definition) is 5. The summed E-state index contributed by atoms with van der Waals surface area (Å²) in [7, 11) is 0. The van der Waals surface area contributed by atoms with Crippen molar-refractivity contribution >= 4 is 28.3 Å². The van der Waals surface area contributed by atoms with E-state index in [1.54, 1.807) is 23.1 Å². The second-order valence-electron chi connectivity index (χ2n) is 6.09. The predicted molar refractivity (Wildman–Crippen MR) is 98.0 cm³/mol. The molecule has 2 aliphatic heterocycles. The van der Waals surface area contributed by atoms with Gasteiger partial charge in [0.2, 0.25) is 0 Å². The molecular weight excluding hydrogens is 324 g/mol. The molecule has 0 amide bonds. The van der Waals surface area contributed by atoms with E-state index in [9.17, 15) is 5.11 Å². The average molecular weight is 345 g/mol. The second kappa shape index (κ2) is 5.96. The largest absolute Gasteiger partial charge is 0.365 e. The maximum atomic E-state index is 11.9. The van der Waals surface area contributed by atoms with Crippen LogP contribution < -0.4 is 0 Å². The smallest absolute Gasteiger partial charge is 0.192 e. The van der Waals surface area contributed by atoms with Crippen LogP contribution in [0.4, 0.5) is 0 Å². The van der Waals surface area contributed by atoms with Gasteiger partial charge in [0.25, 0.3) is 0 Å². The molecule has 2 aromatic rings. The number of thiophene rings is 1. The van der Waals surface area contributed by atoms with Gasteiger partial charge in [-0.05, 0) is 42.3 Å². The summed E-state index contributed by atoms with van der Waals surface area (Å²) in [5.74, 6) is 0. The zero-order chi connectivity index (χ0) is 15.9. The molecule has 2 unspecified atom stereocenters. The van der Waals surface area contributed by atoms with Crippen LogP contribution in [0.5, 0.6) is 0 Å². The summed E-state index contributed by atoms with van der Waals surface area (Å²) in [6.45, 7) is 3.81. The molecule has 1 aromatic carbocycles. The maximum absolute atomic E-state index is 11.9. The minimum atomic E-state index is -1.01. The Labute approximate surface area is 145 Å². The number of fused-ring (bicyclic) bond motifs is 1. The van der Waals surface area contributed by atoms with Gasteiger partial charge in [0, 0.05) is 13.1 Å². The molecule has 3 heterocycles. The molecule has 0 spiro atoms. The number of aliphatic imine (C=N–C) groups is 1. The Morgan fingerprint density at radius 1 is 1.22 bits per heavy atom. The first-order chi connectivity index (χ1) is 11.2. The number of amidine groups is 1. The van der Waals surface area contributed by atoms with Gasteiger partial charge >= 0.3 is 0 Å². The van der Waals surface area contributed by atoms with Gasteiger partial charge in [0.05, 0.1) is 10.1 Å². The maximum Gasteiger partial charge on any atom is 0.192 e. The fraction of sp³-hybridized carbons (Fsp3) is 0.389. The Morgan fingerprint density at radius 3 is 2.78 bits per heavy atom. The van der Waals surface area contributed by atoms with Crippen LogP contribution in [0.2, 0.25) is 0 Å². The molecule has 3 nitrogen and oxygen atoms in total. The summed E-state index contributed by atoms with van der Waals surface area (Å²) in [6, 6.07) is 12.4. The van der Waals surface area contributed by atoms with Crippen molar-refractivity contribution in [3.63, 3.8) is 0 Å². The molecule has 2 aliphatic rings. The summed E-state index contributed by atoms with van der Waals surface area (Å²) < 4.78 is 0. The highest BCUT2D eigenvalue weighted by atomic mass is 32.2. The molecule has 1 fully saturated rings. The molecule has 120 valence electrons. The number of aryl methyl sites for hydroxylation is 1. The van der Waals surface area contributed by atoms with Crippen molar-refractivity contribution in [2.75, 3.05) is 13.1 Å². The molecule has 0 radical (unpaired) electrons. The molecule has 0 aliphatic carbocycles. The Balaban J connectivity index is 1.87. The number of thioether (sulfide) groups is 1. The second-order valence-corrected chi connectivity index (χ2v) is 8.08. The van der Waals surface area contributed by atoms with Crippen molar-refractivity contribution in [3.8, 4) is 0 Å². The van der Waals surface area contributed by atoms with Gasteiger partial charge in [0.15, 0.2) is 10.9 Å². The first kappa shape index (κ1) is 15.2. The fourth-order valence-electron chi connectivity index (χ4n) is 3.40. The van der Waals surface area contributed by atoms with Gasteiger partial charge in [-0.15, -0.1) is 11.3 Å². The summed E-state index contributed by atoms with van der Waals surface area (Å²) in [4.78, 5) is 7.93. The van der Waals surface area contributed by atoms with Gasteiger partial charge in [-0.3, -0.25) is 4.99 Å². The molecule has 5 heteroatoms. The lowest BCUT2D eigenvalue weighted by Crippen LogP contribution is -2.46. The lowest BCUT2D eigenvalue weighted by atomic mass is 9.96. The highest BCUT2D eigenvalue weighted by Gasteiger charge is 2.54. The molecule has 1 N–H and O–H groups in total. The van der Waals surface area contributed by atoms with E-state index in [4.69, 9.17) is 4.99 Å². The van der Waals surface area contributed by atoms with Crippen LogP contribution in [0.15, 0.2) is 46.8 Å². The topological polar surface area (TPSA) is 35.8 Å². The van der Waals surface area contributed by atoms with Gasteiger partial charge in [-0.1, -0.05) is 42.1 Å². The summed E-state index contributed by atoms with van der Waals surface area (Å²) in [6.07, 6.45) is 2.16. The van der Waals surface area contributed by atoms with Crippen molar-refractivity contribution < 1.29 is 5.11 Å². The Morgan fingerprint density at radius 2 is 2.04 bits per heavy atom. The number of hydrogen-bond donors (Lipinski definition) is 1. The van der Waals surface area contributed by atoms with Crippen molar-refractivity contribution in [1.29, 1.82) is 0 Å². The molecule has 1 aromatic heterocycles. The van der Waals surface area contributed by atoms with Crippen LogP contribution in [0, 0.1) is 6.92 Å². The molecule has 0 bridgehead atoms. The molecule has 2 atom stereocenters. The Hall–Kier alpha value is -1.30. The Kier molecular flexibility index (Phi) is 3.95. The van der Waals surface area contributed by atoms with E-state index >= 15 is 0 Å². The third-order valence-corrected chi connectivity index (χ3v) is 7.09. The standard InChI is InChI=1S/C18H20N2OS2/c1-13-9-12-22-15(13)18(21)16(14-7-3-2-4-8-14)23-17-19-10-5-6-11-20(17)18/h2-4,7-9,12,16,21H,5-6,10-11H2,1H3. The van der Waals surface area contributed by atoms with Crippen molar-refractivity contribution in [3.05, 3.63) is 57.8 Å². The van der Waals surface area contributed by atoms with Gasteiger partial charge in [-0.25, -0.2) is 0 Å². The van der Waals surface area contributed by atoms with E-state index in [1.165, 1.54) is 0 Å². The van der Waals surface area contributed by atoms with Gasteiger partial charge in [0.1, 0.15) is 0 Å². The van der Waals surface area contributed by atoms with E-state index in [-0.39, 0.29) is 5.25 Å². The van der Waals surface area contributed by atoms with Crippen molar-refractivity contribution in [2.24, 2.45) is 4.99 Å². The zero-order valence-electron chi connectivity index (χ0n) is 13.1. The number of benzene rings is 1. The van der Waals surface area contributed by atoms with Crippen molar-refractivity contribution in [2.45, 2.75) is 30.7 Å². The van der Waals surface area contributed by atoms with Gasteiger partial charge in [-0.2, -0.15) is 0 Å². The van der Waals surface area contributed by atoms with Crippen LogP contribution in [-0.4, -0.2) is 28.3 Å². The summed E-state index contributed by atoms with van der Waals surface area (Å²) in [5.41, 5.74) is 1.31. The average Bonchev–Trinajstić information content (AvgIpc) is 3.02. The SMILES string of the molecule is Cc1ccsc1C1(O)C(c2ccccc2)SC2=NCCCCN21.